The molecule has 5 aromatic rings. The molecule has 3 heterocycles. The lowest BCUT2D eigenvalue weighted by Crippen LogP contribution is -2.51. The minimum Gasteiger partial charge on any atom is -0.368 e. The third-order valence-electron chi connectivity index (χ3n) is 8.34. The van der Waals surface area contributed by atoms with Crippen LogP contribution in [0.15, 0.2) is 96.4 Å². The number of rotatable bonds is 10. The van der Waals surface area contributed by atoms with E-state index in [9.17, 15) is 36.7 Å². The lowest BCUT2D eigenvalue weighted by molar-refractivity contribution is -0.144. The quantitative estimate of drug-likeness (QED) is 0.0923. The molecule has 0 bridgehead atoms. The van der Waals surface area contributed by atoms with Crippen molar-refractivity contribution in [2.75, 3.05) is 31.1 Å². The Labute approximate surface area is 277 Å². The molecule has 1 fully saturated rings. The smallest absolute Gasteiger partial charge is 0.290 e. The zero-order chi connectivity index (χ0) is 34.7. The number of benzene rings is 3. The normalized spacial score (nSPS) is 13.1. The maximum Gasteiger partial charge on any atom is 0.290 e. The molecular weight excluding hydrogens is 642 g/mol. The summed E-state index contributed by atoms with van der Waals surface area (Å²) >= 11 is 0. The number of ketones is 2. The molecule has 1 saturated heterocycles. The molecule has 0 unspecified atom stereocenters. The van der Waals surface area contributed by atoms with Crippen molar-refractivity contribution in [2.24, 2.45) is 0 Å². The highest BCUT2D eigenvalue weighted by molar-refractivity contribution is 6.40. The number of carbonyl (C=O) groups is 3. The molecule has 1 aliphatic heterocycles. The molecule has 0 saturated carbocycles. The van der Waals surface area contributed by atoms with Crippen LogP contribution in [0.5, 0.6) is 0 Å². The molecule has 49 heavy (non-hydrogen) atoms. The highest BCUT2D eigenvalue weighted by Crippen LogP contribution is 2.21. The lowest BCUT2D eigenvalue weighted by Gasteiger charge is -2.35. The maximum absolute atomic E-state index is 14.5. The molecule has 9 nitrogen and oxygen atoms in total. The fourth-order valence-corrected chi connectivity index (χ4v) is 5.75. The van der Waals surface area contributed by atoms with Crippen LogP contribution < -0.4 is 10.5 Å². The number of piperazine rings is 1. The van der Waals surface area contributed by atoms with E-state index in [2.05, 4.69) is 9.88 Å². The largest absolute Gasteiger partial charge is 0.368 e. The van der Waals surface area contributed by atoms with Gasteiger partial charge in [-0.3, -0.25) is 19.2 Å². The van der Waals surface area contributed by atoms with E-state index in [0.29, 0.717) is 30.8 Å². The standard InChI is InChI=1S/C36H29F4N5O4/c37-25-3-1-23(2-4-25)20-45-21-24(15-29-31(39)17-26(38)18-32(29)40)16-30(35(45)48)33(46)19-34(47)36(49)43-13-11-42(12-14-43)27-5-7-28(8-6-27)44-10-9-41-22-44/h1-10,16-18,21-22H,11-15,19-20H2. The van der Waals surface area contributed by atoms with Crippen LogP contribution in [-0.2, 0) is 22.6 Å². The number of hydrogen-bond acceptors (Lipinski definition) is 6. The van der Waals surface area contributed by atoms with Gasteiger partial charge >= 0.3 is 0 Å². The first-order valence-corrected chi connectivity index (χ1v) is 15.4. The van der Waals surface area contributed by atoms with E-state index in [4.69, 9.17) is 0 Å². The van der Waals surface area contributed by atoms with Crippen LogP contribution in [0, 0.1) is 23.3 Å². The first-order valence-electron chi connectivity index (χ1n) is 15.4. The summed E-state index contributed by atoms with van der Waals surface area (Å²) in [6.45, 7) is 1.23. The van der Waals surface area contributed by atoms with Crippen LogP contribution in [0.4, 0.5) is 23.2 Å². The van der Waals surface area contributed by atoms with Gasteiger partial charge < -0.3 is 18.9 Å². The van der Waals surface area contributed by atoms with Gasteiger partial charge in [-0.2, -0.15) is 0 Å². The van der Waals surface area contributed by atoms with Crippen molar-refractivity contribution in [3.05, 3.63) is 148 Å². The Morgan fingerprint density at radius 3 is 2.04 bits per heavy atom. The highest BCUT2D eigenvalue weighted by Gasteiger charge is 2.29. The van der Waals surface area contributed by atoms with E-state index in [1.165, 1.54) is 35.4 Å². The molecule has 2 aromatic heterocycles. The Kier molecular flexibility index (Phi) is 9.51. The summed E-state index contributed by atoms with van der Waals surface area (Å²) in [5.74, 6) is -6.75. The average molecular weight is 672 g/mol. The number of halogens is 4. The molecule has 0 aliphatic carbocycles. The van der Waals surface area contributed by atoms with Gasteiger partial charge in [0.15, 0.2) is 5.78 Å². The van der Waals surface area contributed by atoms with Crippen molar-refractivity contribution in [3.8, 4) is 5.69 Å². The number of Topliss-reactive ketones (excluding diaryl/α,β-unsaturated/α-hetero) is 2. The minimum absolute atomic E-state index is 0.113. The maximum atomic E-state index is 14.5. The third kappa shape index (κ3) is 7.51. The van der Waals surface area contributed by atoms with Gasteiger partial charge in [0.05, 0.1) is 24.9 Å². The predicted octanol–water partition coefficient (Wildman–Crippen LogP) is 4.72. The molecular formula is C36H29F4N5O4. The zero-order valence-corrected chi connectivity index (χ0v) is 26.0. The second-order valence-corrected chi connectivity index (χ2v) is 11.6. The molecule has 250 valence electrons. The molecule has 1 amide bonds. The second kappa shape index (κ2) is 14.1. The first-order chi connectivity index (χ1) is 23.5. The third-order valence-corrected chi connectivity index (χ3v) is 8.34. The molecule has 1 aliphatic rings. The van der Waals surface area contributed by atoms with Crippen molar-refractivity contribution in [1.29, 1.82) is 0 Å². The van der Waals surface area contributed by atoms with E-state index in [0.717, 1.165) is 22.0 Å². The van der Waals surface area contributed by atoms with Gasteiger partial charge in [0.25, 0.3) is 11.5 Å². The molecule has 0 N–H and O–H groups in total. The van der Waals surface area contributed by atoms with E-state index < -0.39 is 70.3 Å². The van der Waals surface area contributed by atoms with Crippen molar-refractivity contribution < 1.29 is 31.9 Å². The van der Waals surface area contributed by atoms with Gasteiger partial charge in [-0.1, -0.05) is 12.1 Å². The molecule has 6 rings (SSSR count). The highest BCUT2D eigenvalue weighted by atomic mass is 19.1. The van der Waals surface area contributed by atoms with Crippen molar-refractivity contribution in [3.63, 3.8) is 0 Å². The van der Waals surface area contributed by atoms with Crippen molar-refractivity contribution >= 4 is 23.2 Å². The van der Waals surface area contributed by atoms with E-state index in [-0.39, 0.29) is 25.2 Å². The fraction of sp³-hybridized carbons (Fsp3) is 0.194. The Bertz CT molecular complexity index is 2050. The van der Waals surface area contributed by atoms with Crippen LogP contribution in [0.1, 0.15) is 33.5 Å². The van der Waals surface area contributed by atoms with Gasteiger partial charge in [0, 0.05) is 80.3 Å². The van der Waals surface area contributed by atoms with Gasteiger partial charge in [0.2, 0.25) is 5.78 Å². The van der Waals surface area contributed by atoms with Crippen LogP contribution in [0.25, 0.3) is 5.69 Å². The van der Waals surface area contributed by atoms with Crippen LogP contribution in [0.2, 0.25) is 0 Å². The number of imidazole rings is 1. The van der Waals surface area contributed by atoms with Gasteiger partial charge in [-0.15, -0.1) is 0 Å². The van der Waals surface area contributed by atoms with Gasteiger partial charge in [-0.05, 0) is 53.6 Å². The molecule has 0 radical (unpaired) electrons. The number of aromatic nitrogens is 3. The predicted molar refractivity (Wildman–Crippen MR) is 172 cm³/mol. The van der Waals surface area contributed by atoms with E-state index >= 15 is 0 Å². The Morgan fingerprint density at radius 2 is 1.41 bits per heavy atom. The summed E-state index contributed by atoms with van der Waals surface area (Å²) in [7, 11) is 0. The fourth-order valence-electron chi connectivity index (χ4n) is 5.75. The average Bonchev–Trinajstić information content (AvgIpc) is 3.64. The summed E-state index contributed by atoms with van der Waals surface area (Å²) < 4.78 is 59.0. The monoisotopic (exact) mass is 671 g/mol. The topological polar surface area (TPSA) is 97.5 Å². The number of pyridine rings is 1. The van der Waals surface area contributed by atoms with Crippen molar-refractivity contribution in [1.82, 2.24) is 19.0 Å². The number of hydrogen-bond donors (Lipinski definition) is 0. The molecule has 13 heteroatoms. The molecule has 0 spiro atoms. The lowest BCUT2D eigenvalue weighted by atomic mass is 10.00. The summed E-state index contributed by atoms with van der Waals surface area (Å²) in [5, 5.41) is 0. The Morgan fingerprint density at radius 1 is 0.755 bits per heavy atom. The number of nitrogens with zero attached hydrogens (tertiary/aromatic N) is 5. The number of carbonyl (C=O) groups excluding carboxylic acids is 3. The van der Waals surface area contributed by atoms with Crippen LogP contribution in [-0.4, -0.2) is 62.7 Å². The van der Waals surface area contributed by atoms with Crippen molar-refractivity contribution in [2.45, 2.75) is 19.4 Å². The summed E-state index contributed by atoms with van der Waals surface area (Å²) in [4.78, 5) is 60.4. The van der Waals surface area contributed by atoms with Crippen LogP contribution in [0.3, 0.4) is 0 Å². The first kappa shape index (κ1) is 33.1. The molecule has 0 atom stereocenters. The van der Waals surface area contributed by atoms with Gasteiger partial charge in [0.1, 0.15) is 23.3 Å². The summed E-state index contributed by atoms with van der Waals surface area (Å²) in [6.07, 6.45) is 5.13. The summed E-state index contributed by atoms with van der Waals surface area (Å²) in [5.41, 5.74) is 0.702. The molecule has 3 aromatic carbocycles. The Balaban J connectivity index is 1.16. The van der Waals surface area contributed by atoms with Gasteiger partial charge in [-0.25, -0.2) is 22.5 Å². The number of anilines is 1. The summed E-state index contributed by atoms with van der Waals surface area (Å²) in [6, 6.07) is 15.1. The van der Waals surface area contributed by atoms with E-state index in [1.807, 2.05) is 35.0 Å². The van der Waals surface area contributed by atoms with E-state index in [1.54, 1.807) is 12.5 Å². The zero-order valence-electron chi connectivity index (χ0n) is 26.0. The minimum atomic E-state index is -1.16. The Hall–Kier alpha value is -5.85. The SMILES string of the molecule is O=C(CC(=O)c1cc(Cc2c(F)cc(F)cc2F)cn(Cc2ccc(F)cc2)c1=O)C(=O)N1CCN(c2ccc(-n3ccnc3)cc2)CC1. The van der Waals surface area contributed by atoms with Crippen LogP contribution >= 0.6 is 0 Å². The second-order valence-electron chi connectivity index (χ2n) is 11.6. The number of amides is 1.